The van der Waals surface area contributed by atoms with E-state index in [0.29, 0.717) is 25.3 Å². The minimum atomic E-state index is -0.747. The van der Waals surface area contributed by atoms with Crippen LogP contribution >= 0.6 is 0 Å². The van der Waals surface area contributed by atoms with Crippen LogP contribution in [0.5, 0.6) is 0 Å². The fourth-order valence-corrected chi connectivity index (χ4v) is 1.95. The van der Waals surface area contributed by atoms with Gasteiger partial charge in [0.2, 0.25) is 5.91 Å². The third-order valence-electron chi connectivity index (χ3n) is 3.32. The Balaban J connectivity index is 3.39. The summed E-state index contributed by atoms with van der Waals surface area (Å²) in [6.07, 6.45) is 8.17. The van der Waals surface area contributed by atoms with Crippen LogP contribution in [0.25, 0.3) is 0 Å². The number of carbonyl (C=O) groups excluding carboxylic acids is 1. The van der Waals surface area contributed by atoms with Gasteiger partial charge in [0.25, 0.3) is 0 Å². The van der Waals surface area contributed by atoms with Crippen molar-refractivity contribution in [1.82, 2.24) is 5.32 Å². The second-order valence-corrected chi connectivity index (χ2v) is 5.34. The average Bonchev–Trinajstić information content (AvgIpc) is 2.36. The summed E-state index contributed by atoms with van der Waals surface area (Å²) in [6, 6.07) is 0. The molecular formula is C15H29NO3. The van der Waals surface area contributed by atoms with E-state index in [4.69, 9.17) is 5.11 Å². The molecule has 0 saturated carbocycles. The van der Waals surface area contributed by atoms with Crippen LogP contribution in [0, 0.1) is 5.92 Å². The first-order chi connectivity index (χ1) is 9.06. The quantitative estimate of drug-likeness (QED) is 0.535. The van der Waals surface area contributed by atoms with Crippen molar-refractivity contribution in [3.63, 3.8) is 0 Å². The topological polar surface area (TPSA) is 66.4 Å². The lowest BCUT2D eigenvalue weighted by molar-refractivity contribution is -0.137. The van der Waals surface area contributed by atoms with Gasteiger partial charge >= 0.3 is 5.97 Å². The molecule has 0 aromatic carbocycles. The predicted molar refractivity (Wildman–Crippen MR) is 77.0 cm³/mol. The lowest BCUT2D eigenvalue weighted by Crippen LogP contribution is -2.25. The van der Waals surface area contributed by atoms with Gasteiger partial charge in [-0.15, -0.1) is 0 Å². The molecule has 0 bridgehead atoms. The fourth-order valence-electron chi connectivity index (χ4n) is 1.95. The van der Waals surface area contributed by atoms with Gasteiger partial charge in [-0.25, -0.2) is 0 Å². The van der Waals surface area contributed by atoms with Crippen LogP contribution in [0.2, 0.25) is 0 Å². The molecule has 0 aliphatic heterocycles. The SMILES string of the molecule is CCCCCCCC(=O)NCCC(C)CCC(=O)O. The van der Waals surface area contributed by atoms with Crippen LogP contribution in [0.3, 0.4) is 0 Å². The number of carboxylic acids is 1. The first kappa shape index (κ1) is 17.9. The van der Waals surface area contributed by atoms with E-state index in [9.17, 15) is 9.59 Å². The Morgan fingerprint density at radius 2 is 1.74 bits per heavy atom. The molecule has 1 amide bonds. The molecule has 0 aliphatic carbocycles. The molecule has 4 nitrogen and oxygen atoms in total. The highest BCUT2D eigenvalue weighted by atomic mass is 16.4. The van der Waals surface area contributed by atoms with Gasteiger partial charge in [0, 0.05) is 19.4 Å². The maximum atomic E-state index is 11.5. The molecule has 1 unspecified atom stereocenters. The molecule has 1 atom stereocenters. The summed E-state index contributed by atoms with van der Waals surface area (Å²) in [5.74, 6) is -0.272. The molecule has 2 N–H and O–H groups in total. The minimum absolute atomic E-state index is 0.127. The molecule has 0 fully saturated rings. The van der Waals surface area contributed by atoms with Gasteiger partial charge in [-0.2, -0.15) is 0 Å². The summed E-state index contributed by atoms with van der Waals surface area (Å²) in [4.78, 5) is 21.9. The number of hydrogen-bond acceptors (Lipinski definition) is 2. The molecule has 0 aromatic heterocycles. The van der Waals surface area contributed by atoms with Crippen LogP contribution < -0.4 is 5.32 Å². The van der Waals surface area contributed by atoms with Crippen molar-refractivity contribution in [2.75, 3.05) is 6.54 Å². The first-order valence-electron chi connectivity index (χ1n) is 7.54. The van der Waals surface area contributed by atoms with Gasteiger partial charge in [-0.3, -0.25) is 9.59 Å². The van der Waals surface area contributed by atoms with Crippen molar-refractivity contribution in [2.45, 2.75) is 71.6 Å². The van der Waals surface area contributed by atoms with E-state index in [2.05, 4.69) is 12.2 Å². The van der Waals surface area contributed by atoms with Crippen LogP contribution in [0.4, 0.5) is 0 Å². The Kier molecular flexibility index (Phi) is 11.3. The Hall–Kier alpha value is -1.06. The van der Waals surface area contributed by atoms with Crippen molar-refractivity contribution in [3.8, 4) is 0 Å². The Bertz CT molecular complexity index is 254. The molecular weight excluding hydrogens is 242 g/mol. The smallest absolute Gasteiger partial charge is 0.303 e. The fraction of sp³-hybridized carbons (Fsp3) is 0.867. The second-order valence-electron chi connectivity index (χ2n) is 5.34. The molecule has 0 radical (unpaired) electrons. The number of unbranched alkanes of at least 4 members (excludes halogenated alkanes) is 4. The number of amides is 1. The maximum Gasteiger partial charge on any atom is 0.303 e. The highest BCUT2D eigenvalue weighted by Gasteiger charge is 2.06. The number of carboxylic acid groups (broad SMARTS) is 1. The Labute approximate surface area is 117 Å². The normalized spacial score (nSPS) is 12.1. The van der Waals surface area contributed by atoms with Crippen molar-refractivity contribution < 1.29 is 14.7 Å². The van der Waals surface area contributed by atoms with Crippen LogP contribution in [0.1, 0.15) is 71.6 Å². The molecule has 0 saturated heterocycles. The number of nitrogens with one attached hydrogen (secondary N) is 1. The Morgan fingerprint density at radius 3 is 2.37 bits per heavy atom. The predicted octanol–water partition coefficient (Wildman–Crippen LogP) is 3.35. The van der Waals surface area contributed by atoms with Crippen molar-refractivity contribution in [3.05, 3.63) is 0 Å². The van der Waals surface area contributed by atoms with Crippen LogP contribution in [-0.2, 0) is 9.59 Å². The molecule has 0 aromatic rings. The summed E-state index contributed by atoms with van der Waals surface area (Å²) in [5.41, 5.74) is 0. The summed E-state index contributed by atoms with van der Waals surface area (Å²) in [5, 5.41) is 11.5. The standard InChI is InChI=1S/C15H29NO3/c1-3-4-5-6-7-8-14(17)16-12-11-13(2)9-10-15(18)19/h13H,3-12H2,1-2H3,(H,16,17)(H,18,19). The van der Waals surface area contributed by atoms with E-state index in [-0.39, 0.29) is 12.3 Å². The van der Waals surface area contributed by atoms with Gasteiger partial charge < -0.3 is 10.4 Å². The second kappa shape index (κ2) is 12.0. The zero-order chi connectivity index (χ0) is 14.5. The van der Waals surface area contributed by atoms with E-state index in [1.54, 1.807) is 0 Å². The van der Waals surface area contributed by atoms with Crippen molar-refractivity contribution >= 4 is 11.9 Å². The van der Waals surface area contributed by atoms with Crippen molar-refractivity contribution in [2.24, 2.45) is 5.92 Å². The lowest BCUT2D eigenvalue weighted by atomic mass is 10.0. The van der Waals surface area contributed by atoms with E-state index < -0.39 is 5.97 Å². The summed E-state index contributed by atoms with van der Waals surface area (Å²) in [7, 11) is 0. The highest BCUT2D eigenvalue weighted by Crippen LogP contribution is 2.09. The minimum Gasteiger partial charge on any atom is -0.481 e. The third kappa shape index (κ3) is 13.2. The summed E-state index contributed by atoms with van der Waals surface area (Å²) < 4.78 is 0. The monoisotopic (exact) mass is 271 g/mol. The van der Waals surface area contributed by atoms with Gasteiger partial charge in [0.05, 0.1) is 0 Å². The van der Waals surface area contributed by atoms with E-state index in [0.717, 1.165) is 19.3 Å². The largest absolute Gasteiger partial charge is 0.481 e. The third-order valence-corrected chi connectivity index (χ3v) is 3.32. The Morgan fingerprint density at radius 1 is 1.05 bits per heavy atom. The van der Waals surface area contributed by atoms with Crippen LogP contribution in [-0.4, -0.2) is 23.5 Å². The average molecular weight is 271 g/mol. The molecule has 0 heterocycles. The van der Waals surface area contributed by atoms with Crippen molar-refractivity contribution in [1.29, 1.82) is 0 Å². The molecule has 0 rings (SSSR count). The number of aliphatic carboxylic acids is 1. The van der Waals surface area contributed by atoms with E-state index in [1.165, 1.54) is 19.3 Å². The van der Waals surface area contributed by atoms with Crippen LogP contribution in [0.15, 0.2) is 0 Å². The first-order valence-corrected chi connectivity index (χ1v) is 7.54. The highest BCUT2D eigenvalue weighted by molar-refractivity contribution is 5.75. The molecule has 4 heteroatoms. The zero-order valence-electron chi connectivity index (χ0n) is 12.4. The summed E-state index contributed by atoms with van der Waals surface area (Å²) >= 11 is 0. The molecule has 19 heavy (non-hydrogen) atoms. The lowest BCUT2D eigenvalue weighted by Gasteiger charge is -2.10. The molecule has 112 valence electrons. The van der Waals surface area contributed by atoms with Gasteiger partial charge in [-0.1, -0.05) is 39.5 Å². The van der Waals surface area contributed by atoms with E-state index in [1.807, 2.05) is 6.92 Å². The number of rotatable bonds is 12. The molecule has 0 aliphatic rings. The zero-order valence-corrected chi connectivity index (χ0v) is 12.4. The van der Waals surface area contributed by atoms with Gasteiger partial charge in [-0.05, 0) is 25.2 Å². The number of hydrogen-bond donors (Lipinski definition) is 2. The molecule has 0 spiro atoms. The van der Waals surface area contributed by atoms with E-state index >= 15 is 0 Å². The van der Waals surface area contributed by atoms with Gasteiger partial charge in [0.1, 0.15) is 0 Å². The number of carbonyl (C=O) groups is 2. The summed E-state index contributed by atoms with van der Waals surface area (Å²) in [6.45, 7) is 4.87. The maximum absolute atomic E-state index is 11.5. The van der Waals surface area contributed by atoms with Gasteiger partial charge in [0.15, 0.2) is 0 Å².